The van der Waals surface area contributed by atoms with Crippen LogP contribution in [0.2, 0.25) is 0 Å². The Bertz CT molecular complexity index is 1100. The number of hydrogen-bond acceptors (Lipinski definition) is 5. The van der Waals surface area contributed by atoms with Gasteiger partial charge in [-0.1, -0.05) is 24.3 Å². The SMILES string of the molecule is c1ccc2sc(CCc3ccc(-c4nc5ccccc5s4)s3)nc2c1. The Kier molecular flexibility index (Phi) is 3.85. The number of nitrogens with zero attached hydrogens (tertiary/aromatic N) is 2. The highest BCUT2D eigenvalue weighted by atomic mass is 32.1. The van der Waals surface area contributed by atoms with E-state index in [2.05, 4.69) is 54.6 Å². The molecule has 5 heteroatoms. The molecule has 0 saturated heterocycles. The lowest BCUT2D eigenvalue weighted by Crippen LogP contribution is -1.86. The van der Waals surface area contributed by atoms with Crippen molar-refractivity contribution in [3.63, 3.8) is 0 Å². The van der Waals surface area contributed by atoms with Crippen molar-refractivity contribution in [2.75, 3.05) is 0 Å². The lowest BCUT2D eigenvalue weighted by molar-refractivity contribution is 0.968. The van der Waals surface area contributed by atoms with Gasteiger partial charge in [-0.05, 0) is 42.8 Å². The smallest absolute Gasteiger partial charge is 0.134 e. The Morgan fingerprint density at radius 2 is 1.36 bits per heavy atom. The maximum Gasteiger partial charge on any atom is 0.134 e. The second-order valence-corrected chi connectivity index (χ2v) is 9.14. The maximum atomic E-state index is 4.76. The molecule has 0 amide bonds. The molecule has 0 bridgehead atoms. The average molecular weight is 379 g/mol. The highest BCUT2D eigenvalue weighted by Gasteiger charge is 2.10. The molecule has 0 aliphatic heterocycles. The number of fused-ring (bicyclic) bond motifs is 2. The van der Waals surface area contributed by atoms with E-state index in [-0.39, 0.29) is 0 Å². The van der Waals surface area contributed by atoms with Crippen molar-refractivity contribution in [1.82, 2.24) is 9.97 Å². The first-order valence-corrected chi connectivity index (χ1v) is 10.6. The van der Waals surface area contributed by atoms with Gasteiger partial charge >= 0.3 is 0 Å². The predicted octanol–water partition coefficient (Wildman–Crippen LogP) is 6.42. The van der Waals surface area contributed by atoms with E-state index in [0.717, 1.165) is 28.9 Å². The van der Waals surface area contributed by atoms with Crippen LogP contribution in [0.15, 0.2) is 60.7 Å². The molecule has 3 heterocycles. The summed E-state index contributed by atoms with van der Waals surface area (Å²) in [6.07, 6.45) is 2.04. The van der Waals surface area contributed by atoms with Gasteiger partial charge in [0.2, 0.25) is 0 Å². The zero-order valence-electron chi connectivity index (χ0n) is 13.3. The van der Waals surface area contributed by atoms with Gasteiger partial charge in [-0.2, -0.15) is 0 Å². The Hall–Kier alpha value is -2.08. The minimum atomic E-state index is 0.999. The third-order valence-corrected chi connectivity index (χ3v) is 7.54. The summed E-state index contributed by atoms with van der Waals surface area (Å²) >= 11 is 5.43. The normalized spacial score (nSPS) is 11.5. The zero-order valence-corrected chi connectivity index (χ0v) is 15.8. The van der Waals surface area contributed by atoms with Crippen molar-refractivity contribution >= 4 is 54.4 Å². The number of aromatic nitrogens is 2. The third kappa shape index (κ3) is 2.99. The van der Waals surface area contributed by atoms with Crippen molar-refractivity contribution in [2.24, 2.45) is 0 Å². The van der Waals surface area contributed by atoms with E-state index in [1.807, 2.05) is 17.4 Å². The summed E-state index contributed by atoms with van der Waals surface area (Å²) in [5, 5.41) is 2.34. The maximum absolute atomic E-state index is 4.76. The summed E-state index contributed by atoms with van der Waals surface area (Å²) in [7, 11) is 0. The molecule has 0 fully saturated rings. The molecule has 0 saturated carbocycles. The Morgan fingerprint density at radius 3 is 2.12 bits per heavy atom. The van der Waals surface area contributed by atoms with Crippen LogP contribution in [0.25, 0.3) is 30.3 Å². The number of benzene rings is 2. The Morgan fingerprint density at radius 1 is 0.640 bits per heavy atom. The van der Waals surface area contributed by atoms with Crippen LogP contribution in [0.3, 0.4) is 0 Å². The minimum Gasteiger partial charge on any atom is -0.241 e. The molecule has 0 unspecified atom stereocenters. The minimum absolute atomic E-state index is 0.999. The van der Waals surface area contributed by atoms with Crippen LogP contribution < -0.4 is 0 Å². The fourth-order valence-electron chi connectivity index (χ4n) is 2.86. The second kappa shape index (κ2) is 6.33. The van der Waals surface area contributed by atoms with Crippen LogP contribution >= 0.6 is 34.0 Å². The fourth-order valence-corrected chi connectivity index (χ4v) is 5.86. The molecular weight excluding hydrogens is 364 g/mol. The lowest BCUT2D eigenvalue weighted by Gasteiger charge is -1.93. The summed E-state index contributed by atoms with van der Waals surface area (Å²) in [5.41, 5.74) is 2.20. The summed E-state index contributed by atoms with van der Waals surface area (Å²) in [5.74, 6) is 0. The van der Waals surface area contributed by atoms with Crippen LogP contribution in [0, 0.1) is 0 Å². The topological polar surface area (TPSA) is 25.8 Å². The first-order chi connectivity index (χ1) is 12.3. The number of thiophene rings is 1. The van der Waals surface area contributed by atoms with Gasteiger partial charge in [0, 0.05) is 11.3 Å². The highest BCUT2D eigenvalue weighted by Crippen LogP contribution is 2.35. The molecule has 3 aromatic heterocycles. The summed E-state index contributed by atoms with van der Waals surface area (Å²) in [6, 6.07) is 21.1. The van der Waals surface area contributed by atoms with E-state index in [4.69, 9.17) is 9.97 Å². The van der Waals surface area contributed by atoms with Crippen molar-refractivity contribution < 1.29 is 0 Å². The van der Waals surface area contributed by atoms with Crippen LogP contribution in [-0.4, -0.2) is 9.97 Å². The monoisotopic (exact) mass is 378 g/mol. The molecule has 0 radical (unpaired) electrons. The van der Waals surface area contributed by atoms with E-state index in [1.54, 1.807) is 22.7 Å². The van der Waals surface area contributed by atoms with E-state index in [1.165, 1.54) is 24.2 Å². The van der Waals surface area contributed by atoms with Gasteiger partial charge in [0.25, 0.3) is 0 Å². The fraction of sp³-hybridized carbons (Fsp3) is 0.100. The molecule has 122 valence electrons. The first-order valence-electron chi connectivity index (χ1n) is 8.14. The first kappa shape index (κ1) is 15.2. The second-order valence-electron chi connectivity index (χ2n) is 5.83. The lowest BCUT2D eigenvalue weighted by atomic mass is 10.2. The molecule has 5 rings (SSSR count). The van der Waals surface area contributed by atoms with Gasteiger partial charge in [0.15, 0.2) is 0 Å². The molecule has 0 spiro atoms. The van der Waals surface area contributed by atoms with Crippen molar-refractivity contribution in [2.45, 2.75) is 12.8 Å². The average Bonchev–Trinajstić information content (AvgIpc) is 3.36. The molecular formula is C20H14N2S3. The number of hydrogen-bond donors (Lipinski definition) is 0. The molecule has 0 aliphatic rings. The van der Waals surface area contributed by atoms with Gasteiger partial charge in [-0.3, -0.25) is 0 Å². The molecule has 0 N–H and O–H groups in total. The standard InChI is InChI=1S/C20H14N2S3/c1-3-7-16-14(5-1)21-19(24-16)12-10-13-9-11-18(23-13)20-22-15-6-2-4-8-17(15)25-20/h1-9,11H,10,12H2. The van der Waals surface area contributed by atoms with Crippen LogP contribution in [0.5, 0.6) is 0 Å². The van der Waals surface area contributed by atoms with E-state index in [0.29, 0.717) is 0 Å². The van der Waals surface area contributed by atoms with Crippen molar-refractivity contribution in [3.05, 3.63) is 70.5 Å². The van der Waals surface area contributed by atoms with Crippen molar-refractivity contribution in [3.8, 4) is 9.88 Å². The molecule has 0 atom stereocenters. The summed E-state index contributed by atoms with van der Waals surface area (Å²) in [4.78, 5) is 12.2. The van der Waals surface area contributed by atoms with Gasteiger partial charge in [-0.25, -0.2) is 9.97 Å². The number of para-hydroxylation sites is 2. The summed E-state index contributed by atoms with van der Waals surface area (Å²) < 4.78 is 2.53. The van der Waals surface area contributed by atoms with Crippen LogP contribution in [0.1, 0.15) is 9.88 Å². The highest BCUT2D eigenvalue weighted by molar-refractivity contribution is 7.25. The molecule has 2 nitrogen and oxygen atoms in total. The van der Waals surface area contributed by atoms with E-state index in [9.17, 15) is 0 Å². The van der Waals surface area contributed by atoms with E-state index < -0.39 is 0 Å². The van der Waals surface area contributed by atoms with Crippen molar-refractivity contribution in [1.29, 1.82) is 0 Å². The number of rotatable bonds is 4. The molecule has 25 heavy (non-hydrogen) atoms. The van der Waals surface area contributed by atoms with Crippen LogP contribution in [0.4, 0.5) is 0 Å². The third-order valence-electron chi connectivity index (χ3n) is 4.09. The molecule has 0 aliphatic carbocycles. The summed E-state index contributed by atoms with van der Waals surface area (Å²) in [6.45, 7) is 0. The molecule has 5 aromatic rings. The quantitative estimate of drug-likeness (QED) is 0.361. The van der Waals surface area contributed by atoms with Gasteiger partial charge in [-0.15, -0.1) is 34.0 Å². The number of thiazole rings is 2. The largest absolute Gasteiger partial charge is 0.241 e. The number of aryl methyl sites for hydroxylation is 2. The van der Waals surface area contributed by atoms with Crippen LogP contribution in [-0.2, 0) is 12.8 Å². The zero-order chi connectivity index (χ0) is 16.6. The Labute approximate surface area is 157 Å². The molecule has 2 aromatic carbocycles. The van der Waals surface area contributed by atoms with Gasteiger partial charge < -0.3 is 0 Å². The Balaban J connectivity index is 1.35. The van der Waals surface area contributed by atoms with Gasteiger partial charge in [0.05, 0.1) is 30.3 Å². The predicted molar refractivity (Wildman–Crippen MR) is 110 cm³/mol. The van der Waals surface area contributed by atoms with E-state index >= 15 is 0 Å². The van der Waals surface area contributed by atoms with Gasteiger partial charge in [0.1, 0.15) is 5.01 Å².